The number of rotatable bonds is 7. The van der Waals surface area contributed by atoms with Crippen LogP contribution in [-0.4, -0.2) is 46.5 Å². The number of amides is 1. The number of nitrogen functional groups attached to an aromatic ring is 1. The molecule has 228 valence electrons. The number of aromatic nitrogens is 6. The number of nitrogens with zero attached hydrogens (tertiary/aromatic N) is 6. The summed E-state index contributed by atoms with van der Waals surface area (Å²) in [6.07, 6.45) is 10.7. The number of nitrogens with one attached hydrogen (secondary N) is 1. The Hall–Kier alpha value is -6.10. The average molecular weight is 603 g/mol. The van der Waals surface area contributed by atoms with Crippen molar-refractivity contribution in [2.45, 2.75) is 26.9 Å². The van der Waals surface area contributed by atoms with Crippen LogP contribution in [0.1, 0.15) is 43.0 Å². The summed E-state index contributed by atoms with van der Waals surface area (Å²) in [6.45, 7) is 5.07. The number of aromatic carboxylic acids is 1. The third kappa shape index (κ3) is 10.00. The number of hydrogen-bond donors (Lipinski definition) is 3. The van der Waals surface area contributed by atoms with Crippen LogP contribution < -0.4 is 11.1 Å². The Labute approximate surface area is 261 Å². The molecule has 4 aromatic heterocycles. The van der Waals surface area contributed by atoms with E-state index in [2.05, 4.69) is 25.5 Å². The van der Waals surface area contributed by atoms with Crippen LogP contribution in [0, 0.1) is 13.8 Å². The maximum atomic E-state index is 12.2. The van der Waals surface area contributed by atoms with Crippen molar-refractivity contribution in [3.8, 4) is 0 Å². The number of benzene rings is 2. The Morgan fingerprint density at radius 2 is 1.18 bits per heavy atom. The SMILES string of the molecule is Cc1ccccc1C(=O)Nc1ccn(Cc2ccncc2)n1.Cc1ccccc1C(=O)O.Nc1ccn(Cc2ccncc2)n1. The van der Waals surface area contributed by atoms with E-state index in [1.165, 1.54) is 0 Å². The number of carbonyl (C=O) groups excluding carboxylic acids is 1. The highest BCUT2D eigenvalue weighted by Gasteiger charge is 2.10. The van der Waals surface area contributed by atoms with Crippen molar-refractivity contribution in [1.82, 2.24) is 29.5 Å². The molecule has 0 unspecified atom stereocenters. The van der Waals surface area contributed by atoms with Crippen LogP contribution in [0.15, 0.2) is 122 Å². The summed E-state index contributed by atoms with van der Waals surface area (Å²) in [5.41, 5.74) is 10.5. The van der Waals surface area contributed by atoms with Crippen LogP contribution in [0.4, 0.5) is 11.6 Å². The molecule has 0 spiro atoms. The van der Waals surface area contributed by atoms with E-state index in [9.17, 15) is 9.59 Å². The van der Waals surface area contributed by atoms with Gasteiger partial charge >= 0.3 is 5.97 Å². The predicted molar refractivity (Wildman–Crippen MR) is 173 cm³/mol. The molecule has 0 saturated heterocycles. The summed E-state index contributed by atoms with van der Waals surface area (Å²) in [7, 11) is 0. The number of nitrogens with two attached hydrogens (primary N) is 1. The van der Waals surface area contributed by atoms with E-state index in [0.29, 0.717) is 29.3 Å². The second kappa shape index (κ2) is 15.9. The topological polar surface area (TPSA) is 154 Å². The fraction of sp³-hybridized carbons (Fsp3) is 0.118. The van der Waals surface area contributed by atoms with Gasteiger partial charge in [-0.05, 0) is 78.6 Å². The van der Waals surface area contributed by atoms with Gasteiger partial charge in [0.15, 0.2) is 5.82 Å². The normalized spacial score (nSPS) is 10.1. The lowest BCUT2D eigenvalue weighted by Gasteiger charge is -2.05. The highest BCUT2D eigenvalue weighted by Crippen LogP contribution is 2.11. The number of pyridine rings is 2. The van der Waals surface area contributed by atoms with Crippen LogP contribution in [0.5, 0.6) is 0 Å². The molecule has 0 atom stereocenters. The van der Waals surface area contributed by atoms with E-state index in [0.717, 1.165) is 28.8 Å². The van der Waals surface area contributed by atoms with Gasteiger partial charge in [0.25, 0.3) is 5.91 Å². The van der Waals surface area contributed by atoms with E-state index in [-0.39, 0.29) is 5.91 Å². The molecule has 11 nitrogen and oxygen atoms in total. The molecule has 0 saturated carbocycles. The van der Waals surface area contributed by atoms with Crippen LogP contribution >= 0.6 is 0 Å². The third-order valence-corrected chi connectivity index (χ3v) is 6.50. The van der Waals surface area contributed by atoms with E-state index in [1.807, 2.05) is 67.8 Å². The van der Waals surface area contributed by atoms with Gasteiger partial charge < -0.3 is 16.2 Å². The van der Waals surface area contributed by atoms with Crippen molar-refractivity contribution in [3.05, 3.63) is 155 Å². The second-order valence-electron chi connectivity index (χ2n) is 9.94. The van der Waals surface area contributed by atoms with Gasteiger partial charge in [-0.15, -0.1) is 0 Å². The van der Waals surface area contributed by atoms with Gasteiger partial charge in [-0.2, -0.15) is 10.2 Å². The second-order valence-corrected chi connectivity index (χ2v) is 9.94. The zero-order valence-corrected chi connectivity index (χ0v) is 25.0. The number of carbonyl (C=O) groups is 2. The Morgan fingerprint density at radius 1 is 0.689 bits per heavy atom. The molecule has 45 heavy (non-hydrogen) atoms. The van der Waals surface area contributed by atoms with Gasteiger partial charge in [-0.3, -0.25) is 24.1 Å². The summed E-state index contributed by atoms with van der Waals surface area (Å²) in [5.74, 6) is 0.0849. The lowest BCUT2D eigenvalue weighted by atomic mass is 10.1. The first kappa shape index (κ1) is 31.8. The summed E-state index contributed by atoms with van der Waals surface area (Å²) in [6, 6.07) is 25.8. The molecule has 0 radical (unpaired) electrons. The van der Waals surface area contributed by atoms with Gasteiger partial charge in [0, 0.05) is 48.8 Å². The monoisotopic (exact) mass is 602 g/mol. The van der Waals surface area contributed by atoms with Crippen molar-refractivity contribution < 1.29 is 14.7 Å². The molecule has 0 aliphatic heterocycles. The first-order chi connectivity index (χ1) is 21.8. The molecular weight excluding hydrogens is 568 g/mol. The third-order valence-electron chi connectivity index (χ3n) is 6.50. The molecule has 4 N–H and O–H groups in total. The van der Waals surface area contributed by atoms with Crippen LogP contribution in [0.25, 0.3) is 0 Å². The van der Waals surface area contributed by atoms with Crippen molar-refractivity contribution in [3.63, 3.8) is 0 Å². The molecular formula is C34H34N8O3. The van der Waals surface area contributed by atoms with Gasteiger partial charge in [-0.25, -0.2) is 4.79 Å². The Morgan fingerprint density at radius 3 is 1.64 bits per heavy atom. The molecule has 0 bridgehead atoms. The molecule has 0 fully saturated rings. The highest BCUT2D eigenvalue weighted by molar-refractivity contribution is 6.04. The minimum absolute atomic E-state index is 0.146. The van der Waals surface area contributed by atoms with Gasteiger partial charge in [-0.1, -0.05) is 36.4 Å². The van der Waals surface area contributed by atoms with Crippen LogP contribution in [-0.2, 0) is 13.1 Å². The number of aryl methyl sites for hydroxylation is 2. The van der Waals surface area contributed by atoms with Gasteiger partial charge in [0.2, 0.25) is 0 Å². The molecule has 6 aromatic rings. The Bertz CT molecular complexity index is 1820. The number of carboxylic acids is 1. The lowest BCUT2D eigenvalue weighted by molar-refractivity contribution is 0.0696. The molecule has 4 heterocycles. The summed E-state index contributed by atoms with van der Waals surface area (Å²) in [4.78, 5) is 30.6. The standard InChI is InChI=1S/C17H16N4O.C9H10N4.C8H8O2/c1-13-4-2-3-5-15(13)17(22)19-16-8-11-21(20-16)12-14-6-9-18-10-7-14;10-9-3-6-13(12-9)7-8-1-4-11-5-2-8;1-6-4-2-3-5-7(6)8(9)10/h2-11H,12H2,1H3,(H,19,20,22);1-6H,7H2,(H2,10,12);2-5H,1H3,(H,9,10). The highest BCUT2D eigenvalue weighted by atomic mass is 16.4. The van der Waals surface area contributed by atoms with Gasteiger partial charge in [0.05, 0.1) is 18.7 Å². The summed E-state index contributed by atoms with van der Waals surface area (Å²) >= 11 is 0. The smallest absolute Gasteiger partial charge is 0.335 e. The van der Waals surface area contributed by atoms with E-state index >= 15 is 0 Å². The minimum atomic E-state index is -0.863. The van der Waals surface area contributed by atoms with Crippen molar-refractivity contribution >= 4 is 23.5 Å². The number of hydrogen-bond acceptors (Lipinski definition) is 7. The number of anilines is 2. The van der Waals surface area contributed by atoms with Crippen molar-refractivity contribution in [2.24, 2.45) is 0 Å². The zero-order chi connectivity index (χ0) is 32.0. The Kier molecular flexibility index (Phi) is 11.3. The summed E-state index contributed by atoms with van der Waals surface area (Å²) in [5, 5.41) is 19.8. The first-order valence-electron chi connectivity index (χ1n) is 14.0. The zero-order valence-electron chi connectivity index (χ0n) is 25.0. The fourth-order valence-corrected chi connectivity index (χ4v) is 4.16. The Balaban J connectivity index is 0.000000170. The van der Waals surface area contributed by atoms with E-state index < -0.39 is 5.97 Å². The molecule has 2 aromatic carbocycles. The molecule has 1 amide bonds. The fourth-order valence-electron chi connectivity index (χ4n) is 4.16. The van der Waals surface area contributed by atoms with Crippen molar-refractivity contribution in [1.29, 1.82) is 0 Å². The average Bonchev–Trinajstić information content (AvgIpc) is 3.66. The van der Waals surface area contributed by atoms with Crippen LogP contribution in [0.3, 0.4) is 0 Å². The van der Waals surface area contributed by atoms with Crippen LogP contribution in [0.2, 0.25) is 0 Å². The van der Waals surface area contributed by atoms with E-state index in [4.69, 9.17) is 10.8 Å². The molecule has 0 aliphatic carbocycles. The van der Waals surface area contributed by atoms with E-state index in [1.54, 1.807) is 77.5 Å². The molecule has 11 heteroatoms. The van der Waals surface area contributed by atoms with Gasteiger partial charge in [0.1, 0.15) is 5.82 Å². The first-order valence-corrected chi connectivity index (χ1v) is 14.0. The molecule has 0 aliphatic rings. The lowest BCUT2D eigenvalue weighted by Crippen LogP contribution is -2.14. The quantitative estimate of drug-likeness (QED) is 0.217. The number of carboxylic acid groups (broad SMARTS) is 1. The largest absolute Gasteiger partial charge is 0.478 e. The minimum Gasteiger partial charge on any atom is -0.478 e. The predicted octanol–water partition coefficient (Wildman–Crippen LogP) is 5.49. The maximum absolute atomic E-state index is 12.2. The van der Waals surface area contributed by atoms with Crippen molar-refractivity contribution in [2.75, 3.05) is 11.1 Å². The summed E-state index contributed by atoms with van der Waals surface area (Å²) < 4.78 is 3.58. The molecule has 6 rings (SSSR count). The maximum Gasteiger partial charge on any atom is 0.335 e.